The summed E-state index contributed by atoms with van der Waals surface area (Å²) in [5.74, 6) is 0. The van der Waals surface area contributed by atoms with Crippen LogP contribution in [0.5, 0.6) is 0 Å². The molecule has 2 rings (SSSR count). The molecule has 3 nitrogen and oxygen atoms in total. The Hall–Kier alpha value is -1.32. The molecular formula is C15H22N2O. The summed E-state index contributed by atoms with van der Waals surface area (Å²) in [4.78, 5) is 0. The van der Waals surface area contributed by atoms with Crippen LogP contribution >= 0.6 is 0 Å². The van der Waals surface area contributed by atoms with Gasteiger partial charge in [-0.05, 0) is 38.5 Å². The van der Waals surface area contributed by atoms with Crippen LogP contribution in [0.25, 0.3) is 10.9 Å². The van der Waals surface area contributed by atoms with E-state index in [1.54, 1.807) is 7.11 Å². The van der Waals surface area contributed by atoms with Gasteiger partial charge in [0.2, 0.25) is 0 Å². The first-order chi connectivity index (χ1) is 8.51. The highest BCUT2D eigenvalue weighted by Gasteiger charge is 2.10. The molecular weight excluding hydrogens is 224 g/mol. The van der Waals surface area contributed by atoms with Gasteiger partial charge in [-0.1, -0.05) is 12.1 Å². The van der Waals surface area contributed by atoms with Crippen LogP contribution < -0.4 is 5.32 Å². The second-order valence-electron chi connectivity index (χ2n) is 5.66. The number of nitrogens with zero attached hydrogens (tertiary/aromatic N) is 1. The minimum atomic E-state index is 0.136. The number of aromatic nitrogens is 1. The summed E-state index contributed by atoms with van der Waals surface area (Å²) in [6.45, 7) is 8.03. The molecule has 1 aromatic heterocycles. The van der Waals surface area contributed by atoms with E-state index >= 15 is 0 Å². The van der Waals surface area contributed by atoms with Crippen molar-refractivity contribution in [2.75, 3.05) is 7.11 Å². The lowest BCUT2D eigenvalue weighted by Crippen LogP contribution is -2.35. The number of methoxy groups -OCH3 is 1. The number of ether oxygens (including phenoxy) is 1. The summed E-state index contributed by atoms with van der Waals surface area (Å²) in [5, 5.41) is 4.83. The quantitative estimate of drug-likeness (QED) is 0.897. The molecule has 0 unspecified atom stereocenters. The van der Waals surface area contributed by atoms with Gasteiger partial charge in [0.1, 0.15) is 6.73 Å². The number of nitrogens with one attached hydrogen (secondary N) is 1. The predicted molar refractivity (Wildman–Crippen MR) is 75.5 cm³/mol. The van der Waals surface area contributed by atoms with Crippen LogP contribution in [0.4, 0.5) is 0 Å². The standard InChI is InChI=1S/C15H22N2O/c1-15(2,3)16-10-12-6-5-7-14-13(12)8-9-17(14)11-18-4/h5-9,16H,10-11H2,1-4H3. The van der Waals surface area contributed by atoms with E-state index in [1.807, 2.05) is 0 Å². The van der Waals surface area contributed by atoms with Crippen molar-refractivity contribution in [3.63, 3.8) is 0 Å². The first-order valence-electron chi connectivity index (χ1n) is 6.32. The zero-order valence-electron chi connectivity index (χ0n) is 11.7. The fourth-order valence-corrected chi connectivity index (χ4v) is 2.05. The van der Waals surface area contributed by atoms with Crippen molar-refractivity contribution in [1.82, 2.24) is 9.88 Å². The molecule has 0 aliphatic heterocycles. The Bertz CT molecular complexity index is 523. The van der Waals surface area contributed by atoms with Gasteiger partial charge in [0.25, 0.3) is 0 Å². The SMILES string of the molecule is COCn1ccc2c(CNC(C)(C)C)cccc21. The number of benzene rings is 1. The van der Waals surface area contributed by atoms with Crippen molar-refractivity contribution in [3.8, 4) is 0 Å². The monoisotopic (exact) mass is 246 g/mol. The van der Waals surface area contributed by atoms with Crippen molar-refractivity contribution >= 4 is 10.9 Å². The Balaban J connectivity index is 2.29. The van der Waals surface area contributed by atoms with Crippen molar-refractivity contribution in [3.05, 3.63) is 36.0 Å². The summed E-state index contributed by atoms with van der Waals surface area (Å²) in [7, 11) is 1.72. The van der Waals surface area contributed by atoms with Crippen LogP contribution in [0.1, 0.15) is 26.3 Å². The third-order valence-corrected chi connectivity index (χ3v) is 2.98. The molecule has 18 heavy (non-hydrogen) atoms. The molecule has 0 bridgehead atoms. The molecule has 3 heteroatoms. The molecule has 0 fully saturated rings. The van der Waals surface area contributed by atoms with Gasteiger partial charge in [0.15, 0.2) is 0 Å². The maximum Gasteiger partial charge on any atom is 0.122 e. The topological polar surface area (TPSA) is 26.2 Å². The van der Waals surface area contributed by atoms with Gasteiger partial charge in [-0.25, -0.2) is 0 Å². The largest absolute Gasteiger partial charge is 0.364 e. The fourth-order valence-electron chi connectivity index (χ4n) is 2.05. The Kier molecular flexibility index (Phi) is 3.73. The van der Waals surface area contributed by atoms with E-state index < -0.39 is 0 Å². The van der Waals surface area contributed by atoms with Gasteiger partial charge in [-0.2, -0.15) is 0 Å². The van der Waals surface area contributed by atoms with Crippen molar-refractivity contribution in [2.45, 2.75) is 39.6 Å². The lowest BCUT2D eigenvalue weighted by Gasteiger charge is -2.20. The number of hydrogen-bond donors (Lipinski definition) is 1. The summed E-state index contributed by atoms with van der Waals surface area (Å²) in [6.07, 6.45) is 2.08. The average molecular weight is 246 g/mol. The van der Waals surface area contributed by atoms with Crippen molar-refractivity contribution in [2.24, 2.45) is 0 Å². The highest BCUT2D eigenvalue weighted by atomic mass is 16.5. The minimum Gasteiger partial charge on any atom is -0.364 e. The van der Waals surface area contributed by atoms with Gasteiger partial charge >= 0.3 is 0 Å². The van der Waals surface area contributed by atoms with E-state index in [2.05, 4.69) is 61.1 Å². The molecule has 0 aliphatic rings. The van der Waals surface area contributed by atoms with Crippen LogP contribution in [0, 0.1) is 0 Å². The summed E-state index contributed by atoms with van der Waals surface area (Å²) in [5.41, 5.74) is 2.69. The average Bonchev–Trinajstić information content (AvgIpc) is 2.70. The molecule has 2 aromatic rings. The first kappa shape index (κ1) is 13.1. The molecule has 0 saturated carbocycles. The van der Waals surface area contributed by atoms with Crippen molar-refractivity contribution < 1.29 is 4.74 Å². The second kappa shape index (κ2) is 5.12. The number of fused-ring (bicyclic) bond motifs is 1. The third kappa shape index (κ3) is 2.92. The Morgan fingerprint density at radius 2 is 2.00 bits per heavy atom. The molecule has 1 aromatic carbocycles. The summed E-state index contributed by atoms with van der Waals surface area (Å²) < 4.78 is 7.32. The van der Waals surface area contributed by atoms with Crippen LogP contribution in [-0.4, -0.2) is 17.2 Å². The van der Waals surface area contributed by atoms with Crippen LogP contribution in [0.2, 0.25) is 0 Å². The molecule has 1 heterocycles. The Labute approximate surface area is 109 Å². The van der Waals surface area contributed by atoms with E-state index in [9.17, 15) is 0 Å². The normalized spacial score (nSPS) is 12.2. The molecule has 0 radical (unpaired) electrons. The minimum absolute atomic E-state index is 0.136. The fraction of sp³-hybridized carbons (Fsp3) is 0.467. The lowest BCUT2D eigenvalue weighted by molar-refractivity contribution is 0.135. The van der Waals surface area contributed by atoms with Crippen molar-refractivity contribution in [1.29, 1.82) is 0 Å². The Morgan fingerprint density at radius 3 is 2.67 bits per heavy atom. The van der Waals surface area contributed by atoms with Crippen LogP contribution in [-0.2, 0) is 18.0 Å². The van der Waals surface area contributed by atoms with E-state index in [0.717, 1.165) is 6.54 Å². The molecule has 0 saturated heterocycles. The third-order valence-electron chi connectivity index (χ3n) is 2.98. The second-order valence-corrected chi connectivity index (χ2v) is 5.66. The van der Waals surface area contributed by atoms with E-state index in [1.165, 1.54) is 16.5 Å². The molecule has 0 spiro atoms. The predicted octanol–water partition coefficient (Wildman–Crippen LogP) is 3.13. The number of rotatable bonds is 4. The molecule has 0 atom stereocenters. The van der Waals surface area contributed by atoms with Crippen LogP contribution in [0.3, 0.4) is 0 Å². The number of hydrogen-bond acceptors (Lipinski definition) is 2. The van der Waals surface area contributed by atoms with E-state index in [4.69, 9.17) is 4.74 Å². The highest BCUT2D eigenvalue weighted by molar-refractivity contribution is 5.83. The summed E-state index contributed by atoms with van der Waals surface area (Å²) in [6, 6.07) is 8.58. The molecule has 0 aliphatic carbocycles. The van der Waals surface area contributed by atoms with E-state index in [0.29, 0.717) is 6.73 Å². The van der Waals surface area contributed by atoms with Gasteiger partial charge < -0.3 is 14.6 Å². The molecule has 1 N–H and O–H groups in total. The maximum absolute atomic E-state index is 5.20. The van der Waals surface area contributed by atoms with Gasteiger partial charge in [-0.3, -0.25) is 0 Å². The molecule has 0 amide bonds. The molecule has 98 valence electrons. The smallest absolute Gasteiger partial charge is 0.122 e. The van der Waals surface area contributed by atoms with Gasteiger partial charge in [0, 0.05) is 30.8 Å². The van der Waals surface area contributed by atoms with Gasteiger partial charge in [0.05, 0.1) is 5.52 Å². The zero-order valence-corrected chi connectivity index (χ0v) is 11.7. The highest BCUT2D eigenvalue weighted by Crippen LogP contribution is 2.20. The first-order valence-corrected chi connectivity index (χ1v) is 6.32. The summed E-state index contributed by atoms with van der Waals surface area (Å²) >= 11 is 0. The van der Waals surface area contributed by atoms with Gasteiger partial charge in [-0.15, -0.1) is 0 Å². The van der Waals surface area contributed by atoms with Crippen LogP contribution in [0.15, 0.2) is 30.5 Å². The van der Waals surface area contributed by atoms with E-state index in [-0.39, 0.29) is 5.54 Å². The Morgan fingerprint density at radius 1 is 1.22 bits per heavy atom. The zero-order chi connectivity index (χ0) is 13.2. The maximum atomic E-state index is 5.20. The lowest BCUT2D eigenvalue weighted by atomic mass is 10.1.